The highest BCUT2D eigenvalue weighted by Crippen LogP contribution is 2.26. The van der Waals surface area contributed by atoms with E-state index in [-0.39, 0.29) is 0 Å². The molecule has 1 atom stereocenters. The Balaban J connectivity index is 2.00. The van der Waals surface area contributed by atoms with Crippen LogP contribution in [0.25, 0.3) is 0 Å². The molecule has 1 aromatic carbocycles. The average molecular weight is 315 g/mol. The quantitative estimate of drug-likeness (QED) is 0.846. The van der Waals surface area contributed by atoms with E-state index in [4.69, 9.17) is 23.2 Å². The normalized spacial score (nSPS) is 19.5. The molecular weight excluding hydrogens is 291 g/mol. The molecule has 1 saturated heterocycles. The van der Waals surface area contributed by atoms with Crippen LogP contribution >= 0.6 is 23.2 Å². The molecule has 0 spiro atoms. The van der Waals surface area contributed by atoms with Crippen LogP contribution in [0, 0.1) is 5.92 Å². The minimum absolute atomic E-state index is 0.747. The molecule has 20 heavy (non-hydrogen) atoms. The second-order valence-corrected chi connectivity index (χ2v) is 6.46. The van der Waals surface area contributed by atoms with Gasteiger partial charge in [-0.2, -0.15) is 0 Å². The summed E-state index contributed by atoms with van der Waals surface area (Å²) < 4.78 is 0. The third kappa shape index (κ3) is 4.63. The van der Waals surface area contributed by atoms with Crippen LogP contribution in [-0.4, -0.2) is 31.1 Å². The number of hydrogen-bond acceptors (Lipinski definition) is 2. The van der Waals surface area contributed by atoms with Crippen molar-refractivity contribution in [2.24, 2.45) is 5.92 Å². The van der Waals surface area contributed by atoms with Gasteiger partial charge in [-0.3, -0.25) is 4.90 Å². The van der Waals surface area contributed by atoms with Crippen LogP contribution in [-0.2, 0) is 6.54 Å². The summed E-state index contributed by atoms with van der Waals surface area (Å²) >= 11 is 12.6. The Bertz CT molecular complexity index is 397. The van der Waals surface area contributed by atoms with E-state index >= 15 is 0 Å². The number of halogens is 2. The number of piperidine rings is 1. The largest absolute Gasteiger partial charge is 0.316 e. The van der Waals surface area contributed by atoms with Gasteiger partial charge in [0.25, 0.3) is 0 Å². The fourth-order valence-corrected chi connectivity index (χ4v) is 3.42. The van der Waals surface area contributed by atoms with Crippen molar-refractivity contribution < 1.29 is 0 Å². The Labute approximate surface area is 132 Å². The first-order valence-corrected chi connectivity index (χ1v) is 8.32. The predicted molar refractivity (Wildman–Crippen MR) is 87.6 cm³/mol. The molecule has 1 heterocycles. The van der Waals surface area contributed by atoms with Crippen LogP contribution in [0.5, 0.6) is 0 Å². The second kappa shape index (κ2) is 8.23. The lowest BCUT2D eigenvalue weighted by Crippen LogP contribution is -2.38. The van der Waals surface area contributed by atoms with Crippen LogP contribution in [0.4, 0.5) is 0 Å². The van der Waals surface area contributed by atoms with Crippen molar-refractivity contribution in [2.45, 2.75) is 32.7 Å². The van der Waals surface area contributed by atoms with Crippen molar-refractivity contribution in [1.82, 2.24) is 10.2 Å². The summed E-state index contributed by atoms with van der Waals surface area (Å²) in [6.45, 7) is 7.60. The van der Waals surface area contributed by atoms with Gasteiger partial charge in [0.2, 0.25) is 0 Å². The van der Waals surface area contributed by atoms with E-state index < -0.39 is 0 Å². The molecular formula is C16H24Cl2N2. The molecule has 1 unspecified atom stereocenters. The maximum absolute atomic E-state index is 6.29. The molecule has 0 aliphatic carbocycles. The smallest absolute Gasteiger partial charge is 0.0465 e. The molecule has 1 aliphatic heterocycles. The van der Waals surface area contributed by atoms with Crippen molar-refractivity contribution in [3.8, 4) is 0 Å². The summed E-state index contributed by atoms with van der Waals surface area (Å²) in [5, 5.41) is 5.05. The zero-order valence-corrected chi connectivity index (χ0v) is 13.7. The molecule has 1 aromatic rings. The van der Waals surface area contributed by atoms with Gasteiger partial charge < -0.3 is 5.32 Å². The summed E-state index contributed by atoms with van der Waals surface area (Å²) in [7, 11) is 0. The van der Waals surface area contributed by atoms with Gasteiger partial charge in [-0.1, -0.05) is 36.2 Å². The first-order valence-electron chi connectivity index (χ1n) is 7.56. The molecule has 0 saturated carbocycles. The molecule has 112 valence electrons. The Hall–Kier alpha value is -0.280. The van der Waals surface area contributed by atoms with Gasteiger partial charge >= 0.3 is 0 Å². The lowest BCUT2D eigenvalue weighted by atomic mass is 9.98. The maximum atomic E-state index is 6.29. The van der Waals surface area contributed by atoms with E-state index in [1.54, 1.807) is 0 Å². The molecule has 2 rings (SSSR count). The standard InChI is InChI=1S/C16H24Cl2N2/c1-2-9-20(11-13-5-4-8-19-10-13)12-14-15(17)6-3-7-16(14)18/h3,6-7,13,19H,2,4-5,8-12H2,1H3. The number of benzene rings is 1. The minimum atomic E-state index is 0.747. The van der Waals surface area contributed by atoms with Crippen LogP contribution in [0.15, 0.2) is 18.2 Å². The summed E-state index contributed by atoms with van der Waals surface area (Å²) in [5.41, 5.74) is 1.06. The van der Waals surface area contributed by atoms with E-state index in [2.05, 4.69) is 17.1 Å². The van der Waals surface area contributed by atoms with Gasteiger partial charge in [0, 0.05) is 28.7 Å². The Kier molecular flexibility index (Phi) is 6.63. The summed E-state index contributed by atoms with van der Waals surface area (Å²) in [6.07, 6.45) is 3.77. The maximum Gasteiger partial charge on any atom is 0.0465 e. The van der Waals surface area contributed by atoms with Crippen molar-refractivity contribution in [3.05, 3.63) is 33.8 Å². The van der Waals surface area contributed by atoms with Gasteiger partial charge in [-0.25, -0.2) is 0 Å². The molecule has 0 bridgehead atoms. The van der Waals surface area contributed by atoms with Crippen LogP contribution in [0.1, 0.15) is 31.7 Å². The summed E-state index contributed by atoms with van der Waals surface area (Å²) in [4.78, 5) is 2.49. The van der Waals surface area contributed by atoms with E-state index in [1.807, 2.05) is 18.2 Å². The molecule has 1 fully saturated rings. The fraction of sp³-hybridized carbons (Fsp3) is 0.625. The van der Waals surface area contributed by atoms with Crippen LogP contribution in [0.2, 0.25) is 10.0 Å². The predicted octanol–water partition coefficient (Wildman–Crippen LogP) is 4.21. The van der Waals surface area contributed by atoms with Crippen LogP contribution < -0.4 is 5.32 Å². The fourth-order valence-electron chi connectivity index (χ4n) is 2.90. The topological polar surface area (TPSA) is 15.3 Å². The van der Waals surface area contributed by atoms with Gasteiger partial charge in [-0.15, -0.1) is 0 Å². The van der Waals surface area contributed by atoms with E-state index in [0.717, 1.165) is 54.1 Å². The zero-order chi connectivity index (χ0) is 14.4. The first kappa shape index (κ1) is 16.1. The van der Waals surface area contributed by atoms with E-state index in [9.17, 15) is 0 Å². The zero-order valence-electron chi connectivity index (χ0n) is 12.2. The van der Waals surface area contributed by atoms with Crippen molar-refractivity contribution >= 4 is 23.2 Å². The molecule has 4 heteroatoms. The van der Waals surface area contributed by atoms with Gasteiger partial charge in [0.05, 0.1) is 0 Å². The summed E-state index contributed by atoms with van der Waals surface area (Å²) in [5.74, 6) is 0.747. The molecule has 1 aliphatic rings. The number of nitrogens with one attached hydrogen (secondary N) is 1. The van der Waals surface area contributed by atoms with Gasteiger partial charge in [0.1, 0.15) is 0 Å². The van der Waals surface area contributed by atoms with Gasteiger partial charge in [0.15, 0.2) is 0 Å². The lowest BCUT2D eigenvalue weighted by Gasteiger charge is -2.30. The Morgan fingerprint density at radius 2 is 2.05 bits per heavy atom. The summed E-state index contributed by atoms with van der Waals surface area (Å²) in [6, 6.07) is 5.76. The molecule has 0 amide bonds. The van der Waals surface area contributed by atoms with Crippen molar-refractivity contribution in [3.63, 3.8) is 0 Å². The van der Waals surface area contributed by atoms with E-state index in [1.165, 1.54) is 19.4 Å². The number of nitrogens with zero attached hydrogens (tertiary/aromatic N) is 1. The lowest BCUT2D eigenvalue weighted by molar-refractivity contribution is 0.201. The monoisotopic (exact) mass is 314 g/mol. The first-order chi connectivity index (χ1) is 9.70. The minimum Gasteiger partial charge on any atom is -0.316 e. The highest BCUT2D eigenvalue weighted by molar-refractivity contribution is 6.35. The van der Waals surface area contributed by atoms with Crippen LogP contribution in [0.3, 0.4) is 0 Å². The third-order valence-corrected chi connectivity index (χ3v) is 4.61. The van der Waals surface area contributed by atoms with Crippen molar-refractivity contribution in [1.29, 1.82) is 0 Å². The average Bonchev–Trinajstić information content (AvgIpc) is 2.44. The molecule has 0 radical (unpaired) electrons. The SMILES string of the molecule is CCCN(Cc1c(Cl)cccc1Cl)CC1CCCNC1. The highest BCUT2D eigenvalue weighted by atomic mass is 35.5. The molecule has 0 aromatic heterocycles. The third-order valence-electron chi connectivity index (χ3n) is 3.90. The number of rotatable bonds is 6. The Morgan fingerprint density at radius 1 is 1.30 bits per heavy atom. The van der Waals surface area contributed by atoms with Gasteiger partial charge in [-0.05, 0) is 56.9 Å². The highest BCUT2D eigenvalue weighted by Gasteiger charge is 2.18. The Morgan fingerprint density at radius 3 is 2.65 bits per heavy atom. The van der Waals surface area contributed by atoms with Crippen molar-refractivity contribution in [2.75, 3.05) is 26.2 Å². The van der Waals surface area contributed by atoms with E-state index in [0.29, 0.717) is 0 Å². The number of hydrogen-bond donors (Lipinski definition) is 1. The second-order valence-electron chi connectivity index (χ2n) is 5.65. The molecule has 1 N–H and O–H groups in total. The molecule has 2 nitrogen and oxygen atoms in total.